The molecule has 2 aromatic rings. The number of β-amino-alcohol motifs (C(OH)–C–C–N with tert-alkyl or cyclic N) is 1. The van der Waals surface area contributed by atoms with Gasteiger partial charge in [0.2, 0.25) is 53.2 Å². The second kappa shape index (κ2) is 35.8. The molecule has 1 aromatic heterocycles. The van der Waals surface area contributed by atoms with Crippen molar-refractivity contribution >= 4 is 88.3 Å². The summed E-state index contributed by atoms with van der Waals surface area (Å²) in [6.07, 6.45) is 3.64. The third kappa shape index (κ3) is 21.5. The van der Waals surface area contributed by atoms with Crippen molar-refractivity contribution in [3.05, 3.63) is 58.3 Å². The van der Waals surface area contributed by atoms with E-state index in [1.807, 2.05) is 18.2 Å². The number of rotatable bonds is 34. The maximum absolute atomic E-state index is 14.8. The van der Waals surface area contributed by atoms with Crippen molar-refractivity contribution in [1.82, 2.24) is 46.2 Å². The molecule has 3 saturated heterocycles. The Morgan fingerprint density at radius 2 is 1.32 bits per heavy atom. The Morgan fingerprint density at radius 3 is 1.95 bits per heavy atom. The van der Waals surface area contributed by atoms with Gasteiger partial charge in [-0.2, -0.15) is 0 Å². The number of nitrogens with one attached hydrogen (secondary N) is 5. The molecule has 3 aliphatic heterocycles. The number of aliphatic hydroxyl groups excluding tert-OH is 2. The number of benzene rings is 1. The Balaban J connectivity index is 1.13. The molecule has 92 heavy (non-hydrogen) atoms. The summed E-state index contributed by atoms with van der Waals surface area (Å²) < 4.78 is 0. The number of thiophene rings is 1. The van der Waals surface area contributed by atoms with Crippen LogP contribution in [0.15, 0.2) is 62.8 Å². The van der Waals surface area contributed by atoms with Crippen molar-refractivity contribution in [2.24, 2.45) is 61.0 Å². The molecule has 1 aliphatic carbocycles. The van der Waals surface area contributed by atoms with Crippen molar-refractivity contribution in [1.29, 1.82) is 0 Å². The molecule has 6 rings (SSSR count). The summed E-state index contributed by atoms with van der Waals surface area (Å²) in [6, 6.07) is 2.07. The number of nitrogens with two attached hydrogens (primary N) is 7. The highest BCUT2D eigenvalue weighted by molar-refractivity contribution is 7.09. The average Bonchev–Trinajstić information content (AvgIpc) is 1.64. The predicted molar refractivity (Wildman–Crippen MR) is 340 cm³/mol. The molecular weight excluding hydrogens is 1210 g/mol. The zero-order valence-electron chi connectivity index (χ0n) is 51.7. The number of hydrogen-bond acceptors (Lipinski definition) is 17. The number of nitrogens with zero attached hydrogens (tertiary/aromatic N) is 7. The van der Waals surface area contributed by atoms with E-state index in [0.29, 0.717) is 24.1 Å². The monoisotopic (exact) mass is 1310 g/mol. The number of aliphatic carboxylic acids is 1. The van der Waals surface area contributed by atoms with Crippen LogP contribution in [0, 0.1) is 5.92 Å². The number of carboxylic acid groups (broad SMARTS) is 1. The van der Waals surface area contributed by atoms with Crippen molar-refractivity contribution in [3.8, 4) is 0 Å². The van der Waals surface area contributed by atoms with Crippen LogP contribution >= 0.6 is 11.3 Å². The number of guanidine groups is 3. The van der Waals surface area contributed by atoms with E-state index >= 15 is 0 Å². The summed E-state index contributed by atoms with van der Waals surface area (Å²) >= 11 is 1.27. The molecule has 0 bridgehead atoms. The third-order valence-corrected chi connectivity index (χ3v) is 17.7. The van der Waals surface area contributed by atoms with Gasteiger partial charge in [0.25, 0.3) is 0 Å². The Bertz CT molecular complexity index is 2950. The summed E-state index contributed by atoms with van der Waals surface area (Å²) in [5, 5.41) is 46.5. The molecule has 4 fully saturated rings. The minimum Gasteiger partial charge on any atom is -0.480 e. The van der Waals surface area contributed by atoms with E-state index in [0.717, 1.165) is 29.7 Å². The number of aliphatic hydroxyl groups is 2. The number of carbonyl (C=O) groups is 10. The van der Waals surface area contributed by atoms with Gasteiger partial charge in [0.1, 0.15) is 42.3 Å². The summed E-state index contributed by atoms with van der Waals surface area (Å²) in [5.74, 6) is -8.41. The SMILES string of the molecule is NC(N)=NCCC[C@H](NC(=O)[C@@H]1CC2CCCCC2N1C(=O)CN(CCc1ccccc1)C(=O)[C@H](CO)NC(=O)[C@H](Cc1cccs1)NC(=O)CNC(=O)[C@@H]1C[C@@H](O)CN1C(=O)[C@@H]1CCCN1C(=O)[C@H](CCCN=C(N)N)NC(=O)[C@@H](N)CCCN=C(N)N)C(=O)O. The molecular formula is C59H91N19O13S. The third-order valence-electron chi connectivity index (χ3n) is 16.8. The zero-order chi connectivity index (χ0) is 67.0. The molecule has 4 heterocycles. The largest absolute Gasteiger partial charge is 0.480 e. The topological polar surface area (TPSA) is 524 Å². The fraction of sp³-hybridized carbons (Fsp3) is 0.610. The summed E-state index contributed by atoms with van der Waals surface area (Å²) in [7, 11) is 0. The lowest BCUT2D eigenvalue weighted by atomic mass is 9.84. The van der Waals surface area contributed by atoms with Gasteiger partial charge >= 0.3 is 5.97 Å². The van der Waals surface area contributed by atoms with Gasteiger partial charge in [-0.05, 0) is 100.0 Å². The first-order valence-corrected chi connectivity index (χ1v) is 32.0. The lowest BCUT2D eigenvalue weighted by Gasteiger charge is -2.36. The van der Waals surface area contributed by atoms with Gasteiger partial charge in [-0.3, -0.25) is 58.1 Å². The molecule has 4 aliphatic rings. The second-order valence-electron chi connectivity index (χ2n) is 23.5. The van der Waals surface area contributed by atoms with Crippen LogP contribution in [0.1, 0.15) is 100 Å². The van der Waals surface area contributed by atoms with E-state index in [9.17, 15) is 63.3 Å². The number of fused-ring (bicyclic) bond motifs is 1. The molecule has 0 spiro atoms. The average molecular weight is 1310 g/mol. The molecule has 11 atom stereocenters. The van der Waals surface area contributed by atoms with Gasteiger partial charge in [0, 0.05) is 63.0 Å². The molecule has 9 amide bonds. The van der Waals surface area contributed by atoms with Crippen LogP contribution in [0.2, 0.25) is 0 Å². The number of aliphatic imine (C=N–C) groups is 3. The Labute approximate surface area is 537 Å². The van der Waals surface area contributed by atoms with Gasteiger partial charge < -0.3 is 102 Å². The highest BCUT2D eigenvalue weighted by Gasteiger charge is 2.49. The number of carbonyl (C=O) groups excluding carboxylic acids is 9. The lowest BCUT2D eigenvalue weighted by Crippen LogP contribution is -2.59. The number of carboxylic acids is 1. The zero-order valence-corrected chi connectivity index (χ0v) is 52.5. The number of amides is 9. The number of likely N-dealkylation sites (tertiary alicyclic amines) is 3. The van der Waals surface area contributed by atoms with Gasteiger partial charge in [-0.1, -0.05) is 49.2 Å². The van der Waals surface area contributed by atoms with Gasteiger partial charge in [0.15, 0.2) is 17.9 Å². The van der Waals surface area contributed by atoms with Gasteiger partial charge in [0.05, 0.1) is 31.8 Å². The van der Waals surface area contributed by atoms with Gasteiger partial charge in [-0.15, -0.1) is 11.3 Å². The lowest BCUT2D eigenvalue weighted by molar-refractivity contribution is -0.148. The predicted octanol–water partition coefficient (Wildman–Crippen LogP) is -4.91. The molecule has 0 radical (unpaired) electrons. The molecule has 33 heteroatoms. The van der Waals surface area contributed by atoms with Crippen LogP contribution in [0.25, 0.3) is 0 Å². The van der Waals surface area contributed by atoms with Crippen LogP contribution in [0.4, 0.5) is 0 Å². The van der Waals surface area contributed by atoms with Crippen molar-refractivity contribution in [2.75, 3.05) is 59.0 Å². The standard InChI is InChI=1S/C59H91N19O13S/c60-38(15-6-21-67-57(61)62)49(83)72-39(16-7-22-68-58(63)64)54(88)76-24-9-19-44(76)55(89)77-31-36(80)28-45(77)51(85)70-30-47(81)71-41(29-37-14-10-26-92-37)50(84)74-42(33-79)53(87)75(25-20-34-11-2-1-3-12-34)32-48(82)78-43-18-5-4-13-35(43)27-46(78)52(86)73-40(56(90)91)17-8-23-69-59(65)66/h1-3,10-12,14,26,35-36,38-46,79-80H,4-9,13,15-25,27-33,60H2,(H,70,85)(H,71,81)(H,72,83)(H,73,86)(H,74,84)(H,90,91)(H4,61,62,67)(H4,63,64,68)(H4,65,66,69)/t35?,36-,38+,39+,40+,41+,42+,43?,44+,45+,46+/m1/s1. The normalized spacial score (nSPS) is 20.8. The van der Waals surface area contributed by atoms with E-state index < -0.39 is 133 Å². The van der Waals surface area contributed by atoms with E-state index in [4.69, 9.17) is 40.1 Å². The summed E-state index contributed by atoms with van der Waals surface area (Å²) in [5.41, 5.74) is 39.6. The maximum atomic E-state index is 14.8. The van der Waals surface area contributed by atoms with Crippen molar-refractivity contribution in [3.63, 3.8) is 0 Å². The fourth-order valence-corrected chi connectivity index (χ4v) is 13.0. The first-order chi connectivity index (χ1) is 43.9. The van der Waals surface area contributed by atoms with Crippen LogP contribution in [0.5, 0.6) is 0 Å². The van der Waals surface area contributed by atoms with Crippen molar-refractivity contribution < 1.29 is 63.3 Å². The van der Waals surface area contributed by atoms with Crippen LogP contribution in [0.3, 0.4) is 0 Å². The van der Waals surface area contributed by atoms with Crippen LogP contribution in [-0.4, -0.2) is 231 Å². The molecule has 1 aromatic carbocycles. The maximum Gasteiger partial charge on any atom is 0.326 e. The van der Waals surface area contributed by atoms with E-state index in [1.54, 1.807) is 29.6 Å². The van der Waals surface area contributed by atoms with E-state index in [1.165, 1.54) is 26.0 Å². The Kier molecular flexibility index (Phi) is 28.2. The first-order valence-electron chi connectivity index (χ1n) is 31.1. The second-order valence-corrected chi connectivity index (χ2v) is 24.6. The number of hydrogen-bond donors (Lipinski definition) is 15. The molecule has 1 saturated carbocycles. The highest BCUT2D eigenvalue weighted by atomic mass is 32.1. The minimum absolute atomic E-state index is 0.0000667. The van der Waals surface area contributed by atoms with Crippen molar-refractivity contribution in [2.45, 2.75) is 163 Å². The summed E-state index contributed by atoms with van der Waals surface area (Å²) in [4.78, 5) is 158. The van der Waals surface area contributed by atoms with Crippen LogP contribution in [-0.2, 0) is 60.8 Å². The van der Waals surface area contributed by atoms with Gasteiger partial charge in [-0.25, -0.2) is 4.79 Å². The first kappa shape index (κ1) is 72.4. The minimum atomic E-state index is -1.66. The Morgan fingerprint density at radius 1 is 0.674 bits per heavy atom. The highest BCUT2D eigenvalue weighted by Crippen LogP contribution is 2.40. The quantitative estimate of drug-likeness (QED) is 0.0177. The Hall–Kier alpha value is -8.69. The van der Waals surface area contributed by atoms with E-state index in [-0.39, 0.29) is 133 Å². The molecule has 22 N–H and O–H groups in total. The smallest absolute Gasteiger partial charge is 0.326 e. The van der Waals surface area contributed by atoms with E-state index in [2.05, 4.69) is 41.6 Å². The molecule has 32 nitrogen and oxygen atoms in total. The molecule has 506 valence electrons. The van der Waals surface area contributed by atoms with Crippen LogP contribution < -0.4 is 66.7 Å². The fourth-order valence-electron chi connectivity index (χ4n) is 12.2. The molecule has 2 unspecified atom stereocenters. The summed E-state index contributed by atoms with van der Waals surface area (Å²) in [6.45, 7) is -2.00.